The van der Waals surface area contributed by atoms with E-state index in [0.29, 0.717) is 32.8 Å². The Morgan fingerprint density at radius 1 is 1.10 bits per heavy atom. The maximum Gasteiger partial charge on any atom is 0.312 e. The summed E-state index contributed by atoms with van der Waals surface area (Å²) >= 11 is 0. The van der Waals surface area contributed by atoms with Gasteiger partial charge in [0.15, 0.2) is 0 Å². The molecule has 1 aromatic carbocycles. The number of likely N-dealkylation sites (N-methyl/N-ethyl adjacent to an activating group) is 1. The van der Waals surface area contributed by atoms with Gasteiger partial charge in [-0.1, -0.05) is 12.1 Å². The SMILES string of the molecule is CCN1CCN(CCOc2cccc(C)c2C)C(=O)C1=O. The summed E-state index contributed by atoms with van der Waals surface area (Å²) < 4.78 is 5.74. The highest BCUT2D eigenvalue weighted by Gasteiger charge is 2.31. The minimum absolute atomic E-state index is 0.398. The maximum atomic E-state index is 11.9. The highest BCUT2D eigenvalue weighted by atomic mass is 16.5. The van der Waals surface area contributed by atoms with Crippen LogP contribution in [0.25, 0.3) is 0 Å². The topological polar surface area (TPSA) is 49.9 Å². The average Bonchev–Trinajstić information content (AvgIpc) is 2.48. The summed E-state index contributed by atoms with van der Waals surface area (Å²) in [5.74, 6) is 0.00381. The normalized spacial score (nSPS) is 15.6. The molecule has 0 unspecified atom stereocenters. The molecule has 5 heteroatoms. The van der Waals surface area contributed by atoms with E-state index in [1.807, 2.05) is 39.0 Å². The molecule has 2 amide bonds. The third kappa shape index (κ3) is 3.35. The van der Waals surface area contributed by atoms with Gasteiger partial charge in [-0.15, -0.1) is 0 Å². The second-order valence-electron chi connectivity index (χ2n) is 5.22. The second kappa shape index (κ2) is 6.61. The molecule has 0 bridgehead atoms. The van der Waals surface area contributed by atoms with Gasteiger partial charge in [0.1, 0.15) is 12.4 Å². The van der Waals surface area contributed by atoms with Crippen molar-refractivity contribution < 1.29 is 14.3 Å². The Labute approximate surface area is 125 Å². The third-order valence-electron chi connectivity index (χ3n) is 3.95. The highest BCUT2D eigenvalue weighted by molar-refractivity contribution is 6.35. The van der Waals surface area contributed by atoms with Gasteiger partial charge >= 0.3 is 11.8 Å². The number of carbonyl (C=O) groups excluding carboxylic acids is 2. The smallest absolute Gasteiger partial charge is 0.312 e. The summed E-state index contributed by atoms with van der Waals surface area (Å²) in [6.45, 7) is 8.53. The standard InChI is InChI=1S/C16H22N2O3/c1-4-17-8-9-18(16(20)15(17)19)10-11-21-14-7-5-6-12(2)13(14)3/h5-7H,4,8-11H2,1-3H3. The fourth-order valence-corrected chi connectivity index (χ4v) is 2.38. The van der Waals surface area contributed by atoms with Crippen molar-refractivity contribution in [3.8, 4) is 5.75 Å². The number of rotatable bonds is 5. The number of hydrogen-bond donors (Lipinski definition) is 0. The Bertz CT molecular complexity index is 542. The van der Waals surface area contributed by atoms with Crippen molar-refractivity contribution >= 4 is 11.8 Å². The van der Waals surface area contributed by atoms with Crippen molar-refractivity contribution in [3.63, 3.8) is 0 Å². The molecule has 1 fully saturated rings. The number of ether oxygens (including phenoxy) is 1. The lowest BCUT2D eigenvalue weighted by molar-refractivity contribution is -0.156. The molecule has 1 aliphatic heterocycles. The van der Waals surface area contributed by atoms with Gasteiger partial charge in [0.25, 0.3) is 0 Å². The van der Waals surface area contributed by atoms with Crippen LogP contribution in [-0.2, 0) is 9.59 Å². The van der Waals surface area contributed by atoms with Crippen molar-refractivity contribution in [1.29, 1.82) is 0 Å². The summed E-state index contributed by atoms with van der Waals surface area (Å²) in [6, 6.07) is 5.91. The number of hydrogen-bond acceptors (Lipinski definition) is 3. The van der Waals surface area contributed by atoms with E-state index in [4.69, 9.17) is 4.74 Å². The van der Waals surface area contributed by atoms with Crippen LogP contribution in [0, 0.1) is 13.8 Å². The fourth-order valence-electron chi connectivity index (χ4n) is 2.38. The van der Waals surface area contributed by atoms with Crippen LogP contribution in [0.5, 0.6) is 5.75 Å². The van der Waals surface area contributed by atoms with Crippen LogP contribution in [0.4, 0.5) is 0 Å². The molecule has 0 N–H and O–H groups in total. The zero-order valence-electron chi connectivity index (χ0n) is 12.9. The molecule has 1 aromatic rings. The first-order valence-electron chi connectivity index (χ1n) is 7.31. The minimum atomic E-state index is -0.423. The van der Waals surface area contributed by atoms with Crippen LogP contribution < -0.4 is 4.74 Å². The summed E-state index contributed by atoms with van der Waals surface area (Å²) in [7, 11) is 0. The van der Waals surface area contributed by atoms with E-state index in [-0.39, 0.29) is 0 Å². The highest BCUT2D eigenvalue weighted by Crippen LogP contribution is 2.20. The third-order valence-corrected chi connectivity index (χ3v) is 3.95. The van der Waals surface area contributed by atoms with Crippen molar-refractivity contribution in [3.05, 3.63) is 29.3 Å². The summed E-state index contributed by atoms with van der Waals surface area (Å²) in [5.41, 5.74) is 2.28. The van der Waals surface area contributed by atoms with Crippen LogP contribution in [0.15, 0.2) is 18.2 Å². The molecule has 1 heterocycles. The van der Waals surface area contributed by atoms with Gasteiger partial charge in [-0.2, -0.15) is 0 Å². The van der Waals surface area contributed by atoms with Crippen LogP contribution in [0.1, 0.15) is 18.1 Å². The first kappa shape index (κ1) is 15.4. The number of amides is 2. The van der Waals surface area contributed by atoms with E-state index < -0.39 is 11.8 Å². The predicted molar refractivity (Wildman–Crippen MR) is 80.2 cm³/mol. The zero-order valence-corrected chi connectivity index (χ0v) is 12.9. The molecular weight excluding hydrogens is 268 g/mol. The number of carbonyl (C=O) groups is 2. The molecule has 1 saturated heterocycles. The first-order valence-corrected chi connectivity index (χ1v) is 7.31. The summed E-state index contributed by atoms with van der Waals surface area (Å²) in [5, 5.41) is 0. The molecular formula is C16H22N2O3. The fraction of sp³-hybridized carbons (Fsp3) is 0.500. The first-order chi connectivity index (χ1) is 10.0. The van der Waals surface area contributed by atoms with Gasteiger partial charge in [0, 0.05) is 19.6 Å². The molecule has 0 spiro atoms. The number of piperazine rings is 1. The van der Waals surface area contributed by atoms with E-state index in [0.717, 1.165) is 11.3 Å². The van der Waals surface area contributed by atoms with Gasteiger partial charge in [0.05, 0.1) is 6.54 Å². The number of aryl methyl sites for hydroxylation is 1. The Morgan fingerprint density at radius 2 is 1.76 bits per heavy atom. The summed E-state index contributed by atoms with van der Waals surface area (Å²) in [4.78, 5) is 26.9. The van der Waals surface area contributed by atoms with E-state index in [9.17, 15) is 9.59 Å². The van der Waals surface area contributed by atoms with Gasteiger partial charge in [-0.25, -0.2) is 0 Å². The van der Waals surface area contributed by atoms with Crippen LogP contribution >= 0.6 is 0 Å². The van der Waals surface area contributed by atoms with Crippen molar-refractivity contribution in [1.82, 2.24) is 9.80 Å². The Kier molecular flexibility index (Phi) is 4.83. The van der Waals surface area contributed by atoms with Crippen molar-refractivity contribution in [2.24, 2.45) is 0 Å². The lowest BCUT2D eigenvalue weighted by Gasteiger charge is -2.33. The minimum Gasteiger partial charge on any atom is -0.491 e. The molecule has 0 saturated carbocycles. The van der Waals surface area contributed by atoms with Gasteiger partial charge < -0.3 is 14.5 Å². The van der Waals surface area contributed by atoms with Gasteiger partial charge in [-0.3, -0.25) is 9.59 Å². The van der Waals surface area contributed by atoms with Crippen LogP contribution in [-0.4, -0.2) is 54.4 Å². The molecule has 0 aliphatic carbocycles. The quantitative estimate of drug-likeness (QED) is 0.770. The molecule has 1 aliphatic rings. The van der Waals surface area contributed by atoms with Gasteiger partial charge in [-0.05, 0) is 38.0 Å². The Morgan fingerprint density at radius 3 is 2.48 bits per heavy atom. The van der Waals surface area contributed by atoms with E-state index in [1.54, 1.807) is 9.80 Å². The molecule has 2 rings (SSSR count). The van der Waals surface area contributed by atoms with Crippen LogP contribution in [0.2, 0.25) is 0 Å². The maximum absolute atomic E-state index is 11.9. The molecule has 114 valence electrons. The largest absolute Gasteiger partial charge is 0.491 e. The lowest BCUT2D eigenvalue weighted by Crippen LogP contribution is -2.54. The molecule has 0 atom stereocenters. The molecule has 21 heavy (non-hydrogen) atoms. The summed E-state index contributed by atoms with van der Waals surface area (Å²) in [6.07, 6.45) is 0. The Hall–Kier alpha value is -2.04. The second-order valence-corrected chi connectivity index (χ2v) is 5.22. The van der Waals surface area contributed by atoms with Gasteiger partial charge in [0.2, 0.25) is 0 Å². The van der Waals surface area contributed by atoms with E-state index in [1.165, 1.54) is 5.56 Å². The Balaban J connectivity index is 1.88. The van der Waals surface area contributed by atoms with Crippen molar-refractivity contribution in [2.75, 3.05) is 32.8 Å². The zero-order chi connectivity index (χ0) is 15.4. The molecule has 0 radical (unpaired) electrons. The van der Waals surface area contributed by atoms with Crippen LogP contribution in [0.3, 0.4) is 0 Å². The van der Waals surface area contributed by atoms with E-state index >= 15 is 0 Å². The number of benzene rings is 1. The average molecular weight is 290 g/mol. The number of nitrogens with zero attached hydrogens (tertiary/aromatic N) is 2. The van der Waals surface area contributed by atoms with E-state index in [2.05, 4.69) is 0 Å². The monoisotopic (exact) mass is 290 g/mol. The predicted octanol–water partition coefficient (Wildman–Crippen LogP) is 1.37. The molecule has 0 aromatic heterocycles. The molecule has 5 nitrogen and oxygen atoms in total. The van der Waals surface area contributed by atoms with Crippen molar-refractivity contribution in [2.45, 2.75) is 20.8 Å². The lowest BCUT2D eigenvalue weighted by atomic mass is 10.1.